The van der Waals surface area contributed by atoms with Crippen LogP contribution in [0.15, 0.2) is 48.7 Å². The Balaban J connectivity index is 1.87. The number of rotatable bonds is 3. The Bertz CT molecular complexity index is 1040. The van der Waals surface area contributed by atoms with E-state index >= 15 is 0 Å². The number of aromatic nitrogens is 3. The second-order valence-electron chi connectivity index (χ2n) is 5.08. The highest BCUT2D eigenvalue weighted by Gasteiger charge is 2.17. The fourth-order valence-electron chi connectivity index (χ4n) is 2.42. The van der Waals surface area contributed by atoms with E-state index in [1.807, 2.05) is 24.3 Å². The van der Waals surface area contributed by atoms with Gasteiger partial charge in [0.25, 0.3) is 0 Å². The lowest BCUT2D eigenvalue weighted by molar-refractivity contribution is 0.112. The van der Waals surface area contributed by atoms with Crippen LogP contribution in [0.4, 0.5) is 8.78 Å². The SMILES string of the molecule is O=Cc1cn(-c2nc3ccccc3s2)nc1-c1ccc(F)cc1F. The molecule has 0 spiro atoms. The van der Waals surface area contributed by atoms with Gasteiger partial charge >= 0.3 is 0 Å². The molecule has 2 aromatic heterocycles. The van der Waals surface area contributed by atoms with E-state index in [1.165, 1.54) is 28.3 Å². The molecule has 118 valence electrons. The van der Waals surface area contributed by atoms with E-state index in [2.05, 4.69) is 10.1 Å². The molecule has 4 rings (SSSR count). The van der Waals surface area contributed by atoms with E-state index in [1.54, 1.807) is 0 Å². The summed E-state index contributed by atoms with van der Waals surface area (Å²) in [7, 11) is 0. The molecule has 0 aliphatic carbocycles. The quantitative estimate of drug-likeness (QED) is 0.524. The highest BCUT2D eigenvalue weighted by molar-refractivity contribution is 7.20. The van der Waals surface area contributed by atoms with Crippen molar-refractivity contribution in [3.8, 4) is 16.4 Å². The maximum atomic E-state index is 14.0. The Morgan fingerprint density at radius 1 is 1.12 bits per heavy atom. The van der Waals surface area contributed by atoms with Gasteiger partial charge in [-0.2, -0.15) is 5.10 Å². The first-order chi connectivity index (χ1) is 11.7. The number of carbonyl (C=O) groups excluding carboxylic acids is 1. The lowest BCUT2D eigenvalue weighted by atomic mass is 10.1. The van der Waals surface area contributed by atoms with E-state index in [9.17, 15) is 13.6 Å². The summed E-state index contributed by atoms with van der Waals surface area (Å²) in [5, 5.41) is 4.84. The average molecular weight is 341 g/mol. The largest absolute Gasteiger partial charge is 0.298 e. The molecule has 2 heterocycles. The Morgan fingerprint density at radius 2 is 1.96 bits per heavy atom. The number of hydrogen-bond acceptors (Lipinski definition) is 4. The maximum Gasteiger partial charge on any atom is 0.211 e. The molecule has 0 radical (unpaired) electrons. The molecule has 2 aromatic carbocycles. The van der Waals surface area contributed by atoms with Crippen LogP contribution in [0.2, 0.25) is 0 Å². The molecule has 24 heavy (non-hydrogen) atoms. The molecule has 0 aliphatic rings. The lowest BCUT2D eigenvalue weighted by Gasteiger charge is -2.00. The number of hydrogen-bond donors (Lipinski definition) is 0. The van der Waals surface area contributed by atoms with Crippen molar-refractivity contribution >= 4 is 27.8 Å². The number of carbonyl (C=O) groups is 1. The van der Waals surface area contributed by atoms with Crippen molar-refractivity contribution in [3.63, 3.8) is 0 Å². The molecule has 0 bridgehead atoms. The minimum Gasteiger partial charge on any atom is -0.298 e. The number of para-hydroxylation sites is 1. The summed E-state index contributed by atoms with van der Waals surface area (Å²) in [5.41, 5.74) is 1.25. The van der Waals surface area contributed by atoms with Crippen LogP contribution in [-0.2, 0) is 0 Å². The molecule has 4 aromatic rings. The normalized spacial score (nSPS) is 11.1. The predicted octanol–water partition coefficient (Wildman–Crippen LogP) is 4.24. The third-order valence-electron chi connectivity index (χ3n) is 3.53. The Morgan fingerprint density at radius 3 is 2.71 bits per heavy atom. The summed E-state index contributed by atoms with van der Waals surface area (Å²) in [5.74, 6) is -1.46. The van der Waals surface area contributed by atoms with E-state index < -0.39 is 11.6 Å². The number of fused-ring (bicyclic) bond motifs is 1. The van der Waals surface area contributed by atoms with Gasteiger partial charge < -0.3 is 0 Å². The van der Waals surface area contributed by atoms with Crippen molar-refractivity contribution in [1.29, 1.82) is 0 Å². The van der Waals surface area contributed by atoms with Crippen molar-refractivity contribution in [3.05, 3.63) is 65.9 Å². The van der Waals surface area contributed by atoms with Crippen LogP contribution in [0, 0.1) is 11.6 Å². The van der Waals surface area contributed by atoms with Crippen molar-refractivity contribution in [2.45, 2.75) is 0 Å². The van der Waals surface area contributed by atoms with Crippen LogP contribution in [0.25, 0.3) is 26.6 Å². The number of halogens is 2. The first kappa shape index (κ1) is 14.6. The summed E-state index contributed by atoms with van der Waals surface area (Å²) in [6, 6.07) is 10.8. The highest BCUT2D eigenvalue weighted by atomic mass is 32.1. The van der Waals surface area contributed by atoms with Crippen LogP contribution in [0.3, 0.4) is 0 Å². The molecular weight excluding hydrogens is 332 g/mol. The second kappa shape index (κ2) is 5.61. The molecule has 0 fully saturated rings. The van der Waals surface area contributed by atoms with Gasteiger partial charge in [-0.1, -0.05) is 23.5 Å². The molecule has 0 atom stereocenters. The van der Waals surface area contributed by atoms with E-state index in [0.29, 0.717) is 11.4 Å². The topological polar surface area (TPSA) is 47.8 Å². The van der Waals surface area contributed by atoms with Crippen LogP contribution in [0.5, 0.6) is 0 Å². The second-order valence-corrected chi connectivity index (χ2v) is 6.09. The van der Waals surface area contributed by atoms with Crippen LogP contribution >= 0.6 is 11.3 Å². The van der Waals surface area contributed by atoms with Crippen LogP contribution in [0.1, 0.15) is 10.4 Å². The maximum absolute atomic E-state index is 14.0. The van der Waals surface area contributed by atoms with Crippen molar-refractivity contribution in [2.24, 2.45) is 0 Å². The Labute approximate surface area is 139 Å². The van der Waals surface area contributed by atoms with E-state index in [-0.39, 0.29) is 16.8 Å². The van der Waals surface area contributed by atoms with Crippen LogP contribution in [-0.4, -0.2) is 21.1 Å². The molecule has 7 heteroatoms. The van der Waals surface area contributed by atoms with Gasteiger partial charge in [-0.15, -0.1) is 0 Å². The van der Waals surface area contributed by atoms with Gasteiger partial charge in [0, 0.05) is 17.8 Å². The summed E-state index contributed by atoms with van der Waals surface area (Å²) < 4.78 is 29.5. The Hall–Kier alpha value is -2.93. The van der Waals surface area contributed by atoms with E-state index in [4.69, 9.17) is 0 Å². The average Bonchev–Trinajstić information content (AvgIpc) is 3.18. The molecule has 0 saturated carbocycles. The molecule has 0 amide bonds. The standard InChI is InChI=1S/C17H9F2N3OS/c18-11-5-6-12(13(19)7-11)16-10(9-23)8-22(21-16)17-20-14-3-1-2-4-15(14)24-17/h1-9H. The van der Waals surface area contributed by atoms with Gasteiger partial charge in [-0.05, 0) is 24.3 Å². The first-order valence-electron chi connectivity index (χ1n) is 7.02. The van der Waals surface area contributed by atoms with Gasteiger partial charge in [0.2, 0.25) is 5.13 Å². The zero-order valence-electron chi connectivity index (χ0n) is 12.1. The van der Waals surface area contributed by atoms with Gasteiger partial charge in [0.1, 0.15) is 17.3 Å². The molecule has 0 N–H and O–H groups in total. The highest BCUT2D eigenvalue weighted by Crippen LogP contribution is 2.28. The predicted molar refractivity (Wildman–Crippen MR) is 87.5 cm³/mol. The molecule has 4 nitrogen and oxygen atoms in total. The molecule has 0 unspecified atom stereocenters. The van der Waals surface area contributed by atoms with Crippen LogP contribution < -0.4 is 0 Å². The van der Waals surface area contributed by atoms with Crippen molar-refractivity contribution in [2.75, 3.05) is 0 Å². The summed E-state index contributed by atoms with van der Waals surface area (Å²) in [6.07, 6.45) is 2.08. The van der Waals surface area contributed by atoms with Gasteiger partial charge in [0.15, 0.2) is 6.29 Å². The first-order valence-corrected chi connectivity index (χ1v) is 7.83. The number of benzene rings is 2. The Kier molecular flexibility index (Phi) is 3.42. The third-order valence-corrected chi connectivity index (χ3v) is 4.56. The van der Waals surface area contributed by atoms with Crippen molar-refractivity contribution in [1.82, 2.24) is 14.8 Å². The minimum absolute atomic E-state index is 0.0679. The smallest absolute Gasteiger partial charge is 0.211 e. The molecule has 0 saturated heterocycles. The van der Waals surface area contributed by atoms with Gasteiger partial charge in [-0.25, -0.2) is 18.4 Å². The number of thiazole rings is 1. The number of aldehydes is 1. The van der Waals surface area contributed by atoms with Crippen molar-refractivity contribution < 1.29 is 13.6 Å². The minimum atomic E-state index is -0.771. The zero-order chi connectivity index (χ0) is 16.7. The lowest BCUT2D eigenvalue weighted by Crippen LogP contribution is -1.94. The zero-order valence-corrected chi connectivity index (χ0v) is 12.9. The fraction of sp³-hybridized carbons (Fsp3) is 0. The summed E-state index contributed by atoms with van der Waals surface area (Å²) >= 11 is 1.40. The van der Waals surface area contributed by atoms with E-state index in [0.717, 1.165) is 22.3 Å². The molecule has 0 aliphatic heterocycles. The third kappa shape index (κ3) is 2.39. The monoisotopic (exact) mass is 341 g/mol. The van der Waals surface area contributed by atoms with Gasteiger partial charge in [0.05, 0.1) is 15.8 Å². The fourth-order valence-corrected chi connectivity index (χ4v) is 3.31. The van der Waals surface area contributed by atoms with Gasteiger partial charge in [-0.3, -0.25) is 4.79 Å². The summed E-state index contributed by atoms with van der Waals surface area (Å²) in [4.78, 5) is 15.8. The molecular formula is C17H9F2N3OS. The number of nitrogens with zero attached hydrogens (tertiary/aromatic N) is 3. The summed E-state index contributed by atoms with van der Waals surface area (Å²) in [6.45, 7) is 0.